The number of rotatable bonds is 4. The van der Waals surface area contributed by atoms with Crippen LogP contribution >= 0.6 is 11.3 Å². The molecule has 232 valence electrons. The van der Waals surface area contributed by atoms with Crippen molar-refractivity contribution < 1.29 is 0 Å². The highest BCUT2D eigenvalue weighted by Crippen LogP contribution is 2.53. The van der Waals surface area contributed by atoms with E-state index in [0.717, 1.165) is 5.69 Å². The molecule has 1 aliphatic rings. The van der Waals surface area contributed by atoms with Gasteiger partial charge in [0.25, 0.3) is 0 Å². The van der Waals surface area contributed by atoms with Crippen LogP contribution in [0.3, 0.4) is 0 Å². The van der Waals surface area contributed by atoms with Gasteiger partial charge in [-0.3, -0.25) is 0 Å². The van der Waals surface area contributed by atoms with E-state index in [4.69, 9.17) is 0 Å². The molecule has 0 spiro atoms. The average molecular weight is 644 g/mol. The average Bonchev–Trinajstić information content (AvgIpc) is 3.63. The first-order valence-electron chi connectivity index (χ1n) is 17.0. The lowest BCUT2D eigenvalue weighted by atomic mass is 9.82. The zero-order chi connectivity index (χ0) is 32.7. The van der Waals surface area contributed by atoms with Gasteiger partial charge in [0, 0.05) is 42.3 Å². The van der Waals surface area contributed by atoms with E-state index >= 15 is 0 Å². The van der Waals surface area contributed by atoms with Crippen molar-refractivity contribution in [2.24, 2.45) is 0 Å². The van der Waals surface area contributed by atoms with E-state index in [-0.39, 0.29) is 5.41 Å². The van der Waals surface area contributed by atoms with Crippen LogP contribution in [0.5, 0.6) is 0 Å². The van der Waals surface area contributed by atoms with E-state index in [0.29, 0.717) is 0 Å². The van der Waals surface area contributed by atoms with Crippen LogP contribution < -0.4 is 4.90 Å². The molecule has 0 atom stereocenters. The smallest absolute Gasteiger partial charge is 0.0633 e. The van der Waals surface area contributed by atoms with Crippen molar-refractivity contribution in [2.75, 3.05) is 4.90 Å². The summed E-state index contributed by atoms with van der Waals surface area (Å²) < 4.78 is 2.61. The SMILES string of the molecule is CC1(C)c2ccccc2-c2ccc(N(c3cccc(-c4ccc5ccccc5c4)c3)c3c4ccccc4cc4sc5ccccc5c34)cc21. The summed E-state index contributed by atoms with van der Waals surface area (Å²) in [7, 11) is 0. The largest absolute Gasteiger partial charge is 0.309 e. The van der Waals surface area contributed by atoms with Gasteiger partial charge in [0.1, 0.15) is 0 Å². The van der Waals surface area contributed by atoms with Gasteiger partial charge in [-0.1, -0.05) is 135 Å². The number of hydrogen-bond acceptors (Lipinski definition) is 2. The van der Waals surface area contributed by atoms with Crippen LogP contribution in [0.25, 0.3) is 64.0 Å². The Hall–Kier alpha value is -5.70. The van der Waals surface area contributed by atoms with Crippen molar-refractivity contribution in [3.05, 3.63) is 175 Å². The molecule has 1 nitrogen and oxygen atoms in total. The quantitative estimate of drug-likeness (QED) is 0.184. The molecule has 0 N–H and O–H groups in total. The van der Waals surface area contributed by atoms with Crippen molar-refractivity contribution in [1.82, 2.24) is 0 Å². The van der Waals surface area contributed by atoms with Crippen molar-refractivity contribution in [3.63, 3.8) is 0 Å². The normalized spacial score (nSPS) is 13.3. The second-order valence-corrected chi connectivity index (χ2v) is 14.8. The molecule has 0 unspecified atom stereocenters. The van der Waals surface area contributed by atoms with Crippen molar-refractivity contribution in [2.45, 2.75) is 19.3 Å². The zero-order valence-electron chi connectivity index (χ0n) is 27.4. The van der Waals surface area contributed by atoms with Gasteiger partial charge in [-0.25, -0.2) is 0 Å². The lowest BCUT2D eigenvalue weighted by Gasteiger charge is -2.30. The monoisotopic (exact) mass is 643 g/mol. The summed E-state index contributed by atoms with van der Waals surface area (Å²) in [5, 5.41) is 7.61. The Kier molecular flexibility index (Phi) is 6.16. The third-order valence-corrected chi connectivity index (χ3v) is 11.7. The zero-order valence-corrected chi connectivity index (χ0v) is 28.3. The molecule has 9 aromatic rings. The first-order chi connectivity index (χ1) is 24.0. The number of anilines is 3. The molecule has 10 rings (SSSR count). The summed E-state index contributed by atoms with van der Waals surface area (Å²) in [6, 6.07) is 60.7. The maximum absolute atomic E-state index is 2.54. The highest BCUT2D eigenvalue weighted by atomic mass is 32.1. The highest BCUT2D eigenvalue weighted by molar-refractivity contribution is 7.26. The number of fused-ring (bicyclic) bond motifs is 8. The van der Waals surface area contributed by atoms with Gasteiger partial charge in [0.05, 0.1) is 5.69 Å². The summed E-state index contributed by atoms with van der Waals surface area (Å²) in [5.74, 6) is 0. The molecule has 0 saturated carbocycles. The first-order valence-corrected chi connectivity index (χ1v) is 17.8. The summed E-state index contributed by atoms with van der Waals surface area (Å²) in [4.78, 5) is 2.54. The van der Waals surface area contributed by atoms with Gasteiger partial charge in [0.2, 0.25) is 0 Å². The Morgan fingerprint density at radius 2 is 1.14 bits per heavy atom. The van der Waals surface area contributed by atoms with E-state index in [1.165, 1.54) is 86.5 Å². The molecule has 1 aromatic heterocycles. The molecule has 2 heteroatoms. The van der Waals surface area contributed by atoms with Gasteiger partial charge in [-0.05, 0) is 92.0 Å². The van der Waals surface area contributed by atoms with E-state index in [9.17, 15) is 0 Å². The highest BCUT2D eigenvalue weighted by Gasteiger charge is 2.36. The molecule has 0 saturated heterocycles. The Bertz CT molecular complexity index is 2770. The molecular formula is C47H33NS. The Morgan fingerprint density at radius 3 is 2.04 bits per heavy atom. The van der Waals surface area contributed by atoms with Gasteiger partial charge < -0.3 is 4.90 Å². The fraction of sp³-hybridized carbons (Fsp3) is 0.0638. The third kappa shape index (κ3) is 4.31. The molecular weight excluding hydrogens is 611 g/mol. The van der Waals surface area contributed by atoms with Gasteiger partial charge in [-0.15, -0.1) is 11.3 Å². The second-order valence-electron chi connectivity index (χ2n) is 13.8. The summed E-state index contributed by atoms with van der Waals surface area (Å²) >= 11 is 1.88. The van der Waals surface area contributed by atoms with E-state index in [2.05, 4.69) is 183 Å². The summed E-state index contributed by atoms with van der Waals surface area (Å²) in [6.45, 7) is 4.74. The second kappa shape index (κ2) is 10.7. The molecule has 0 fully saturated rings. The maximum Gasteiger partial charge on any atom is 0.0633 e. The Labute approximate surface area is 290 Å². The van der Waals surface area contributed by atoms with Crippen LogP contribution in [0.15, 0.2) is 164 Å². The van der Waals surface area contributed by atoms with Crippen molar-refractivity contribution in [1.29, 1.82) is 0 Å². The minimum atomic E-state index is -0.107. The lowest BCUT2D eigenvalue weighted by Crippen LogP contribution is -2.16. The van der Waals surface area contributed by atoms with E-state index < -0.39 is 0 Å². The lowest BCUT2D eigenvalue weighted by molar-refractivity contribution is 0.660. The van der Waals surface area contributed by atoms with Crippen LogP contribution in [-0.2, 0) is 5.41 Å². The fourth-order valence-corrected chi connectivity index (χ4v) is 9.35. The van der Waals surface area contributed by atoms with Gasteiger partial charge >= 0.3 is 0 Å². The summed E-state index contributed by atoms with van der Waals surface area (Å²) in [5.41, 5.74) is 11.3. The molecule has 0 amide bonds. The minimum Gasteiger partial charge on any atom is -0.309 e. The Morgan fingerprint density at radius 1 is 0.449 bits per heavy atom. The number of benzene rings is 8. The molecule has 0 bridgehead atoms. The molecule has 49 heavy (non-hydrogen) atoms. The van der Waals surface area contributed by atoms with Crippen LogP contribution in [-0.4, -0.2) is 0 Å². The van der Waals surface area contributed by atoms with Gasteiger partial charge in [-0.2, -0.15) is 0 Å². The molecule has 1 heterocycles. The van der Waals surface area contributed by atoms with E-state index in [1.807, 2.05) is 11.3 Å². The van der Waals surface area contributed by atoms with Crippen LogP contribution in [0.2, 0.25) is 0 Å². The molecule has 1 aliphatic carbocycles. The van der Waals surface area contributed by atoms with Crippen molar-refractivity contribution in [3.8, 4) is 22.3 Å². The standard InChI is InChI=1S/C47H33NS/c1-47(2)41-20-9-7-18-38(41)39-25-24-36(29-42(39)47)48(35-16-11-15-32(27-35)33-23-22-30-12-3-4-13-31(30)26-33)46-37-17-6-5-14-34(37)28-44-45(46)40-19-8-10-21-43(40)49-44/h3-29H,1-2H3. The predicted molar refractivity (Wildman–Crippen MR) is 212 cm³/mol. The van der Waals surface area contributed by atoms with E-state index in [1.54, 1.807) is 0 Å². The van der Waals surface area contributed by atoms with Gasteiger partial charge in [0.15, 0.2) is 0 Å². The number of hydrogen-bond donors (Lipinski definition) is 0. The molecule has 8 aromatic carbocycles. The topological polar surface area (TPSA) is 3.24 Å². The van der Waals surface area contributed by atoms with Crippen LogP contribution in [0.4, 0.5) is 17.1 Å². The fourth-order valence-electron chi connectivity index (χ4n) is 8.19. The van der Waals surface area contributed by atoms with Crippen molar-refractivity contribution >= 4 is 70.1 Å². The minimum absolute atomic E-state index is 0.107. The Balaban J connectivity index is 1.28. The third-order valence-electron chi connectivity index (χ3n) is 10.6. The molecule has 0 aliphatic heterocycles. The van der Waals surface area contributed by atoms with Crippen LogP contribution in [0, 0.1) is 0 Å². The maximum atomic E-state index is 2.54. The first kappa shape index (κ1) is 28.3. The summed E-state index contributed by atoms with van der Waals surface area (Å²) in [6.07, 6.45) is 0. The predicted octanol–water partition coefficient (Wildman–Crippen LogP) is 13.8. The number of thiophene rings is 1. The number of nitrogens with zero attached hydrogens (tertiary/aromatic N) is 1. The van der Waals surface area contributed by atoms with Crippen LogP contribution in [0.1, 0.15) is 25.0 Å². The molecule has 0 radical (unpaired) electrons.